The van der Waals surface area contributed by atoms with Crippen LogP contribution < -0.4 is 5.32 Å². The molecule has 1 aromatic rings. The summed E-state index contributed by atoms with van der Waals surface area (Å²) in [7, 11) is 0. The molecule has 120 valence electrons. The Labute approximate surface area is 127 Å². The molecule has 6 heteroatoms. The van der Waals surface area contributed by atoms with Crippen LogP contribution in [0.4, 0.5) is 8.78 Å². The van der Waals surface area contributed by atoms with Crippen LogP contribution in [0.3, 0.4) is 0 Å². The van der Waals surface area contributed by atoms with Crippen molar-refractivity contribution < 1.29 is 23.0 Å². The standard InChI is InChI=1S/C16H19F2NO3/c17-13-5-4-11(8-14(13)18)15(20)19-9-12-10-21-16(22-12)6-2-1-3-7-16/h4-5,8,12H,1-3,6-7,9-10H2,(H,19,20). The Hall–Kier alpha value is -1.53. The van der Waals surface area contributed by atoms with Gasteiger partial charge in [-0.15, -0.1) is 0 Å². The highest BCUT2D eigenvalue weighted by molar-refractivity contribution is 5.94. The number of hydrogen-bond acceptors (Lipinski definition) is 3. The number of benzene rings is 1. The molecule has 0 bridgehead atoms. The number of hydrogen-bond donors (Lipinski definition) is 1. The van der Waals surface area contributed by atoms with Crippen molar-refractivity contribution in [3.63, 3.8) is 0 Å². The van der Waals surface area contributed by atoms with Crippen molar-refractivity contribution in [1.29, 1.82) is 0 Å². The van der Waals surface area contributed by atoms with Gasteiger partial charge in [-0.3, -0.25) is 4.79 Å². The van der Waals surface area contributed by atoms with Crippen LogP contribution in [-0.2, 0) is 9.47 Å². The third-order valence-electron chi connectivity index (χ3n) is 4.20. The molecule has 1 spiro atoms. The summed E-state index contributed by atoms with van der Waals surface area (Å²) in [6.07, 6.45) is 4.96. The third kappa shape index (κ3) is 3.28. The molecule has 1 aromatic carbocycles. The van der Waals surface area contributed by atoms with E-state index in [-0.39, 0.29) is 11.7 Å². The summed E-state index contributed by atoms with van der Waals surface area (Å²) in [6.45, 7) is 0.734. The molecule has 2 fully saturated rings. The molecule has 1 heterocycles. The molecule has 22 heavy (non-hydrogen) atoms. The van der Waals surface area contributed by atoms with Crippen LogP contribution >= 0.6 is 0 Å². The smallest absolute Gasteiger partial charge is 0.251 e. The number of carbonyl (C=O) groups is 1. The summed E-state index contributed by atoms with van der Waals surface area (Å²) < 4.78 is 37.7. The van der Waals surface area contributed by atoms with Crippen molar-refractivity contribution >= 4 is 5.91 Å². The molecule has 0 aromatic heterocycles. The van der Waals surface area contributed by atoms with Crippen LogP contribution in [0.25, 0.3) is 0 Å². The van der Waals surface area contributed by atoms with Gasteiger partial charge in [0, 0.05) is 24.9 Å². The van der Waals surface area contributed by atoms with Crippen molar-refractivity contribution in [2.75, 3.05) is 13.2 Å². The largest absolute Gasteiger partial charge is 0.349 e. The fourth-order valence-electron chi connectivity index (χ4n) is 3.02. The van der Waals surface area contributed by atoms with E-state index in [4.69, 9.17) is 9.47 Å². The zero-order valence-corrected chi connectivity index (χ0v) is 12.2. The second kappa shape index (κ2) is 6.30. The molecule has 1 N–H and O–H groups in total. The molecule has 3 rings (SSSR count). The minimum Gasteiger partial charge on any atom is -0.349 e. The van der Waals surface area contributed by atoms with E-state index in [9.17, 15) is 13.6 Å². The predicted octanol–water partition coefficient (Wildman–Crippen LogP) is 2.77. The molecular formula is C16H19F2NO3. The maximum atomic E-state index is 13.1. The highest BCUT2D eigenvalue weighted by Crippen LogP contribution is 2.37. The van der Waals surface area contributed by atoms with E-state index in [0.717, 1.165) is 37.8 Å². The second-order valence-corrected chi connectivity index (χ2v) is 5.86. The summed E-state index contributed by atoms with van der Waals surface area (Å²) >= 11 is 0. The number of carbonyl (C=O) groups excluding carboxylic acids is 1. The van der Waals surface area contributed by atoms with Crippen molar-refractivity contribution in [3.05, 3.63) is 35.4 Å². The summed E-state index contributed by atoms with van der Waals surface area (Å²) in [5.74, 6) is -2.93. The van der Waals surface area contributed by atoms with E-state index in [1.54, 1.807) is 0 Å². The van der Waals surface area contributed by atoms with E-state index in [1.165, 1.54) is 12.5 Å². The van der Waals surface area contributed by atoms with Gasteiger partial charge in [-0.2, -0.15) is 0 Å². The van der Waals surface area contributed by atoms with Gasteiger partial charge in [0.1, 0.15) is 6.10 Å². The third-order valence-corrected chi connectivity index (χ3v) is 4.20. The molecule has 1 aliphatic carbocycles. The average molecular weight is 311 g/mol. The minimum absolute atomic E-state index is 0.0881. The Morgan fingerprint density at radius 2 is 2.00 bits per heavy atom. The lowest BCUT2D eigenvalue weighted by Gasteiger charge is -2.31. The van der Waals surface area contributed by atoms with Crippen molar-refractivity contribution in [2.45, 2.75) is 44.0 Å². The Morgan fingerprint density at radius 3 is 2.73 bits per heavy atom. The van der Waals surface area contributed by atoms with Crippen LogP contribution in [0.15, 0.2) is 18.2 Å². The van der Waals surface area contributed by atoms with Gasteiger partial charge in [-0.05, 0) is 31.0 Å². The summed E-state index contributed by atoms with van der Waals surface area (Å²) in [4.78, 5) is 11.9. The van der Waals surface area contributed by atoms with Gasteiger partial charge in [0.2, 0.25) is 0 Å². The summed E-state index contributed by atoms with van der Waals surface area (Å²) in [6, 6.07) is 3.08. The molecule has 2 aliphatic rings. The monoisotopic (exact) mass is 311 g/mol. The molecule has 1 saturated carbocycles. The lowest BCUT2D eigenvalue weighted by Crippen LogP contribution is -2.37. The molecular weight excluding hydrogens is 292 g/mol. The van der Waals surface area contributed by atoms with Crippen LogP contribution in [0.2, 0.25) is 0 Å². The molecule has 1 unspecified atom stereocenters. The second-order valence-electron chi connectivity index (χ2n) is 5.86. The first-order valence-electron chi connectivity index (χ1n) is 7.63. The van der Waals surface area contributed by atoms with E-state index < -0.39 is 23.3 Å². The topological polar surface area (TPSA) is 47.6 Å². The van der Waals surface area contributed by atoms with E-state index in [0.29, 0.717) is 13.2 Å². The van der Waals surface area contributed by atoms with Crippen LogP contribution in [0, 0.1) is 11.6 Å². The van der Waals surface area contributed by atoms with Gasteiger partial charge in [0.15, 0.2) is 17.4 Å². The van der Waals surface area contributed by atoms with E-state index >= 15 is 0 Å². The van der Waals surface area contributed by atoms with E-state index in [1.807, 2.05) is 0 Å². The minimum atomic E-state index is -1.03. The molecule has 1 amide bonds. The Balaban J connectivity index is 1.52. The Morgan fingerprint density at radius 1 is 1.23 bits per heavy atom. The quantitative estimate of drug-likeness (QED) is 0.934. The Kier molecular flexibility index (Phi) is 4.40. The zero-order chi connectivity index (χ0) is 15.6. The van der Waals surface area contributed by atoms with Gasteiger partial charge in [-0.1, -0.05) is 6.42 Å². The molecule has 4 nitrogen and oxygen atoms in total. The van der Waals surface area contributed by atoms with Gasteiger partial charge in [0.05, 0.1) is 6.61 Å². The fraction of sp³-hybridized carbons (Fsp3) is 0.562. The maximum Gasteiger partial charge on any atom is 0.251 e. The molecule has 1 saturated heterocycles. The van der Waals surface area contributed by atoms with Crippen molar-refractivity contribution in [1.82, 2.24) is 5.32 Å². The number of amides is 1. The number of nitrogens with one attached hydrogen (secondary N) is 1. The highest BCUT2D eigenvalue weighted by Gasteiger charge is 2.42. The van der Waals surface area contributed by atoms with Crippen LogP contribution in [0.1, 0.15) is 42.5 Å². The molecule has 1 atom stereocenters. The summed E-state index contributed by atoms with van der Waals surface area (Å²) in [5.41, 5.74) is 0.0881. The first kappa shape index (κ1) is 15.4. The first-order chi connectivity index (χ1) is 10.6. The lowest BCUT2D eigenvalue weighted by molar-refractivity contribution is -0.186. The summed E-state index contributed by atoms with van der Waals surface area (Å²) in [5, 5.41) is 2.68. The number of halogens is 2. The number of rotatable bonds is 3. The van der Waals surface area contributed by atoms with E-state index in [2.05, 4.69) is 5.32 Å². The zero-order valence-electron chi connectivity index (χ0n) is 12.2. The van der Waals surface area contributed by atoms with Crippen LogP contribution in [0.5, 0.6) is 0 Å². The van der Waals surface area contributed by atoms with Gasteiger partial charge >= 0.3 is 0 Å². The molecule has 1 aliphatic heterocycles. The van der Waals surface area contributed by atoms with Crippen molar-refractivity contribution in [2.24, 2.45) is 0 Å². The average Bonchev–Trinajstić information content (AvgIpc) is 2.91. The SMILES string of the molecule is O=C(NCC1COC2(CCCCC2)O1)c1ccc(F)c(F)c1. The number of ether oxygens (including phenoxy) is 2. The fourth-order valence-corrected chi connectivity index (χ4v) is 3.02. The van der Waals surface area contributed by atoms with Gasteiger partial charge in [0.25, 0.3) is 5.91 Å². The molecule has 0 radical (unpaired) electrons. The van der Waals surface area contributed by atoms with Gasteiger partial charge < -0.3 is 14.8 Å². The lowest BCUT2D eigenvalue weighted by atomic mass is 9.94. The predicted molar refractivity (Wildman–Crippen MR) is 75.3 cm³/mol. The normalized spacial score (nSPS) is 23.6. The van der Waals surface area contributed by atoms with Crippen molar-refractivity contribution in [3.8, 4) is 0 Å². The Bertz CT molecular complexity index is 558. The highest BCUT2D eigenvalue weighted by atomic mass is 19.2. The first-order valence-corrected chi connectivity index (χ1v) is 7.63. The van der Waals surface area contributed by atoms with Gasteiger partial charge in [-0.25, -0.2) is 8.78 Å². The van der Waals surface area contributed by atoms with Crippen LogP contribution in [-0.4, -0.2) is 30.9 Å². The maximum absolute atomic E-state index is 13.1.